The predicted molar refractivity (Wildman–Crippen MR) is 124 cm³/mol. The smallest absolute Gasteiger partial charge is 0.249 e. The molecule has 0 spiro atoms. The molecule has 0 aliphatic carbocycles. The number of amides is 2. The number of halogens is 3. The molecule has 4 rings (SSSR count). The number of carbonyl (C=O) groups excluding carboxylic acids is 2. The molecule has 2 aliphatic rings. The first kappa shape index (κ1) is 23.0. The maximum atomic E-state index is 15.1. The summed E-state index contributed by atoms with van der Waals surface area (Å²) in [7, 11) is 1.47. The number of piperidine rings is 1. The average Bonchev–Trinajstić information content (AvgIpc) is 2.80. The zero-order valence-electron chi connectivity index (χ0n) is 18.3. The second kappa shape index (κ2) is 9.39. The minimum Gasteiger partial charge on any atom is -0.495 e. The van der Waals surface area contributed by atoms with Crippen molar-refractivity contribution in [1.82, 2.24) is 5.32 Å². The molecule has 1 saturated heterocycles. The highest BCUT2D eigenvalue weighted by Gasteiger charge is 2.28. The van der Waals surface area contributed by atoms with Crippen LogP contribution in [-0.2, 0) is 9.59 Å². The largest absolute Gasteiger partial charge is 0.495 e. The van der Waals surface area contributed by atoms with E-state index in [4.69, 9.17) is 16.3 Å². The van der Waals surface area contributed by atoms with Gasteiger partial charge in [-0.05, 0) is 43.5 Å². The fraction of sp³-hybridized carbons (Fsp3) is 0.333. The highest BCUT2D eigenvalue weighted by Crippen LogP contribution is 2.36. The highest BCUT2D eigenvalue weighted by atomic mass is 35.5. The summed E-state index contributed by atoms with van der Waals surface area (Å²) in [4.78, 5) is 25.3. The molecule has 2 N–H and O–H groups in total. The van der Waals surface area contributed by atoms with Crippen LogP contribution in [0.4, 0.5) is 20.2 Å². The molecule has 0 saturated carbocycles. The number of nitrogens with one attached hydrogen (secondary N) is 2. The van der Waals surface area contributed by atoms with Gasteiger partial charge >= 0.3 is 0 Å². The van der Waals surface area contributed by atoms with Gasteiger partial charge < -0.3 is 15.0 Å². The molecule has 6 nitrogen and oxygen atoms in total. The zero-order chi connectivity index (χ0) is 23.7. The van der Waals surface area contributed by atoms with E-state index < -0.39 is 17.8 Å². The molecule has 2 aromatic rings. The first-order valence-corrected chi connectivity index (χ1v) is 11.0. The van der Waals surface area contributed by atoms with Crippen LogP contribution in [0.5, 0.6) is 5.75 Å². The van der Waals surface area contributed by atoms with Gasteiger partial charge in [0.05, 0.1) is 18.5 Å². The molecule has 1 fully saturated rings. The highest BCUT2D eigenvalue weighted by molar-refractivity contribution is 6.31. The van der Waals surface area contributed by atoms with Crippen molar-refractivity contribution in [3.05, 3.63) is 58.1 Å². The van der Waals surface area contributed by atoms with Gasteiger partial charge in [0.25, 0.3) is 0 Å². The van der Waals surface area contributed by atoms with Crippen LogP contribution in [0.25, 0.3) is 5.57 Å². The summed E-state index contributed by atoms with van der Waals surface area (Å²) in [6.45, 7) is 2.58. The van der Waals surface area contributed by atoms with Crippen LogP contribution in [0, 0.1) is 18.6 Å². The molecule has 2 heterocycles. The van der Waals surface area contributed by atoms with Crippen molar-refractivity contribution in [3.8, 4) is 5.75 Å². The lowest BCUT2D eigenvalue weighted by Gasteiger charge is -2.30. The minimum absolute atomic E-state index is 0.212. The number of methoxy groups -OCH3 is 1. The van der Waals surface area contributed by atoms with E-state index in [0.717, 1.165) is 5.57 Å². The van der Waals surface area contributed by atoms with Crippen molar-refractivity contribution < 1.29 is 23.1 Å². The Kier molecular flexibility index (Phi) is 6.56. The van der Waals surface area contributed by atoms with Crippen molar-refractivity contribution in [2.24, 2.45) is 0 Å². The van der Waals surface area contributed by atoms with E-state index in [1.54, 1.807) is 25.1 Å². The summed E-state index contributed by atoms with van der Waals surface area (Å²) >= 11 is 6.00. The fourth-order valence-electron chi connectivity index (χ4n) is 4.12. The lowest BCUT2D eigenvalue weighted by molar-refractivity contribution is -0.133. The van der Waals surface area contributed by atoms with E-state index in [0.29, 0.717) is 59.2 Å². The number of nitrogens with zero attached hydrogens (tertiary/aromatic N) is 1. The van der Waals surface area contributed by atoms with E-state index >= 15 is 4.39 Å². The van der Waals surface area contributed by atoms with Gasteiger partial charge in [0.2, 0.25) is 11.8 Å². The number of imide groups is 1. The molecule has 1 unspecified atom stereocenters. The Labute approximate surface area is 195 Å². The lowest BCUT2D eigenvalue weighted by Crippen LogP contribution is -2.47. The first-order valence-electron chi connectivity index (χ1n) is 10.6. The number of ether oxygens (including phenoxy) is 1. The van der Waals surface area contributed by atoms with Gasteiger partial charge in [-0.15, -0.1) is 0 Å². The number of hydrogen-bond donors (Lipinski definition) is 2. The van der Waals surface area contributed by atoms with Gasteiger partial charge in [-0.2, -0.15) is 0 Å². The quantitative estimate of drug-likeness (QED) is 0.625. The third kappa shape index (κ3) is 4.66. The summed E-state index contributed by atoms with van der Waals surface area (Å²) in [6, 6.07) is 5.57. The Morgan fingerprint density at radius 1 is 1.21 bits per heavy atom. The monoisotopic (exact) mass is 475 g/mol. The Morgan fingerprint density at radius 3 is 2.67 bits per heavy atom. The first-order chi connectivity index (χ1) is 15.8. The van der Waals surface area contributed by atoms with E-state index in [2.05, 4.69) is 10.6 Å². The number of anilines is 2. The molecule has 0 aromatic heterocycles. The Bertz CT molecular complexity index is 1150. The van der Waals surface area contributed by atoms with Crippen molar-refractivity contribution in [2.45, 2.75) is 32.2 Å². The predicted octanol–water partition coefficient (Wildman–Crippen LogP) is 4.45. The maximum Gasteiger partial charge on any atom is 0.249 e. The standard InChI is InChI=1S/C24H24ClF2N3O3/c1-13-16(25)3-5-20(23(13)27)30-9-7-14(8-10-30)15-11-21(33-2)19(12-17(15)26)28-18-4-6-22(31)29-24(18)32/h3,5,7,11-12,18,28H,4,6,8-10H2,1-2H3,(H,29,31,32). The van der Waals surface area contributed by atoms with Crippen LogP contribution < -0.4 is 20.3 Å². The van der Waals surface area contributed by atoms with Gasteiger partial charge in [-0.3, -0.25) is 14.9 Å². The van der Waals surface area contributed by atoms with Crippen LogP contribution in [0.15, 0.2) is 30.3 Å². The molecule has 33 heavy (non-hydrogen) atoms. The molecule has 174 valence electrons. The molecule has 2 aliphatic heterocycles. The maximum absolute atomic E-state index is 15.1. The Hall–Kier alpha value is -3.13. The zero-order valence-corrected chi connectivity index (χ0v) is 19.1. The van der Waals surface area contributed by atoms with E-state index in [1.165, 1.54) is 13.2 Å². The van der Waals surface area contributed by atoms with Gasteiger partial charge in [0.1, 0.15) is 17.6 Å². The molecular weight excluding hydrogens is 452 g/mol. The van der Waals surface area contributed by atoms with Crippen LogP contribution in [0.2, 0.25) is 5.02 Å². The summed E-state index contributed by atoms with van der Waals surface area (Å²) in [5, 5.41) is 5.63. The van der Waals surface area contributed by atoms with Crippen LogP contribution in [0.1, 0.15) is 30.4 Å². The summed E-state index contributed by atoms with van der Waals surface area (Å²) in [5.74, 6) is -1.19. The molecular formula is C24H24ClF2N3O3. The third-order valence-corrected chi connectivity index (χ3v) is 6.46. The summed E-state index contributed by atoms with van der Waals surface area (Å²) in [5.41, 5.74) is 2.40. The lowest BCUT2D eigenvalue weighted by atomic mass is 9.97. The molecule has 1 atom stereocenters. The van der Waals surface area contributed by atoms with Crippen molar-refractivity contribution in [3.63, 3.8) is 0 Å². The van der Waals surface area contributed by atoms with E-state index in [1.807, 2.05) is 11.0 Å². The molecule has 0 radical (unpaired) electrons. The molecule has 2 aromatic carbocycles. The second-order valence-electron chi connectivity index (χ2n) is 8.11. The Balaban J connectivity index is 1.54. The number of hydrogen-bond acceptors (Lipinski definition) is 5. The fourth-order valence-corrected chi connectivity index (χ4v) is 4.27. The van der Waals surface area contributed by atoms with E-state index in [-0.39, 0.29) is 18.1 Å². The van der Waals surface area contributed by atoms with Gasteiger partial charge in [-0.1, -0.05) is 17.7 Å². The van der Waals surface area contributed by atoms with Crippen molar-refractivity contribution in [2.75, 3.05) is 30.4 Å². The van der Waals surface area contributed by atoms with Gasteiger partial charge in [-0.25, -0.2) is 8.78 Å². The summed E-state index contributed by atoms with van der Waals surface area (Å²) in [6.07, 6.45) is 2.92. The normalized spacial score (nSPS) is 18.6. The van der Waals surface area contributed by atoms with Gasteiger partial charge in [0, 0.05) is 41.7 Å². The van der Waals surface area contributed by atoms with Crippen LogP contribution in [0.3, 0.4) is 0 Å². The van der Waals surface area contributed by atoms with Crippen LogP contribution in [-0.4, -0.2) is 38.1 Å². The Morgan fingerprint density at radius 2 is 2.00 bits per heavy atom. The van der Waals surface area contributed by atoms with Crippen molar-refractivity contribution >= 4 is 40.4 Å². The molecule has 0 bridgehead atoms. The number of benzene rings is 2. The second-order valence-corrected chi connectivity index (χ2v) is 8.52. The van der Waals surface area contributed by atoms with E-state index in [9.17, 15) is 14.0 Å². The number of rotatable bonds is 5. The third-order valence-electron chi connectivity index (χ3n) is 6.05. The van der Waals surface area contributed by atoms with Gasteiger partial charge in [0.15, 0.2) is 5.82 Å². The SMILES string of the molecule is COc1cc(C2=CCN(c3ccc(Cl)c(C)c3F)CC2)c(F)cc1NC1CCC(=O)NC1=O. The van der Waals surface area contributed by atoms with Crippen molar-refractivity contribution in [1.29, 1.82) is 0 Å². The summed E-state index contributed by atoms with van der Waals surface area (Å²) < 4.78 is 35.1. The number of carbonyl (C=O) groups is 2. The molecule has 2 amide bonds. The topological polar surface area (TPSA) is 70.7 Å². The molecule has 9 heteroatoms. The minimum atomic E-state index is -0.651. The average molecular weight is 476 g/mol. The van der Waals surface area contributed by atoms with Crippen LogP contribution >= 0.6 is 11.6 Å².